The number of oxazole rings is 1. The van der Waals surface area contributed by atoms with Crippen LogP contribution in [0.3, 0.4) is 0 Å². The number of ketones is 1. The summed E-state index contributed by atoms with van der Waals surface area (Å²) in [4.78, 5) is 30.9. The number of rotatable bonds is 12. The number of nitrogens with one attached hydrogen (secondary N) is 2. The predicted molar refractivity (Wildman–Crippen MR) is 130 cm³/mol. The van der Waals surface area contributed by atoms with Crippen LogP contribution in [-0.2, 0) is 9.59 Å². The van der Waals surface area contributed by atoms with Crippen molar-refractivity contribution in [3.05, 3.63) is 48.6 Å². The van der Waals surface area contributed by atoms with E-state index in [0.717, 1.165) is 55.6 Å². The van der Waals surface area contributed by atoms with Gasteiger partial charge in [-0.2, -0.15) is 5.10 Å². The van der Waals surface area contributed by atoms with Crippen LogP contribution in [0.2, 0.25) is 0 Å². The summed E-state index contributed by atoms with van der Waals surface area (Å²) in [6.07, 6.45) is 8.10. The first-order valence-electron chi connectivity index (χ1n) is 12.1. The van der Waals surface area contributed by atoms with Crippen molar-refractivity contribution in [2.24, 2.45) is 5.92 Å². The van der Waals surface area contributed by atoms with E-state index in [9.17, 15) is 9.59 Å². The van der Waals surface area contributed by atoms with Crippen LogP contribution in [0.5, 0.6) is 0 Å². The maximum atomic E-state index is 12.7. The normalized spacial score (nSPS) is 15.1. The molecule has 1 atom stereocenters. The molecule has 1 saturated heterocycles. The number of H-pyrrole nitrogens is 1. The molecule has 3 aromatic rings. The molecule has 0 spiro atoms. The van der Waals surface area contributed by atoms with Crippen LogP contribution in [0.15, 0.2) is 47.1 Å². The zero-order chi connectivity index (χ0) is 23.9. The van der Waals surface area contributed by atoms with Crippen molar-refractivity contribution in [2.75, 3.05) is 20.1 Å². The molecule has 2 aromatic heterocycles. The summed E-state index contributed by atoms with van der Waals surface area (Å²) in [5.41, 5.74) is 2.92. The Morgan fingerprint density at radius 1 is 1.15 bits per heavy atom. The quantitative estimate of drug-likeness (QED) is 0.386. The van der Waals surface area contributed by atoms with E-state index < -0.39 is 0 Å². The summed E-state index contributed by atoms with van der Waals surface area (Å²) in [6.45, 7) is 3.45. The minimum Gasteiger partial charge on any atom is -0.438 e. The van der Waals surface area contributed by atoms with E-state index in [1.54, 1.807) is 12.4 Å². The second-order valence-electron chi connectivity index (χ2n) is 9.08. The number of likely N-dealkylation sites (tertiary alicyclic amines) is 1. The first kappa shape index (κ1) is 23.9. The average molecular weight is 464 g/mol. The van der Waals surface area contributed by atoms with Crippen molar-refractivity contribution in [2.45, 2.75) is 51.5 Å². The number of Topliss-reactive ketones (excluding diaryl/α,β-unsaturated/α-hetero) is 1. The Kier molecular flexibility index (Phi) is 7.90. The molecule has 34 heavy (non-hydrogen) atoms. The van der Waals surface area contributed by atoms with E-state index in [1.807, 2.05) is 44.3 Å². The van der Waals surface area contributed by atoms with Crippen LogP contribution in [0, 0.1) is 5.92 Å². The predicted octanol–water partition coefficient (Wildman–Crippen LogP) is 4.38. The van der Waals surface area contributed by atoms with Crippen LogP contribution in [0.25, 0.3) is 22.6 Å². The molecule has 1 aromatic carbocycles. The van der Waals surface area contributed by atoms with Crippen LogP contribution in [0.1, 0.15) is 57.4 Å². The lowest BCUT2D eigenvalue weighted by Crippen LogP contribution is -2.52. The van der Waals surface area contributed by atoms with Gasteiger partial charge >= 0.3 is 0 Å². The van der Waals surface area contributed by atoms with Crippen molar-refractivity contribution in [3.63, 3.8) is 0 Å². The number of hydrogen-bond donors (Lipinski definition) is 2. The summed E-state index contributed by atoms with van der Waals surface area (Å²) < 4.78 is 6.12. The smallest absolute Gasteiger partial charge is 0.226 e. The molecule has 3 heterocycles. The lowest BCUT2D eigenvalue weighted by molar-refractivity contribution is -0.130. The Bertz CT molecular complexity index is 1070. The van der Waals surface area contributed by atoms with E-state index in [2.05, 4.69) is 25.4 Å². The second kappa shape index (κ2) is 11.2. The summed E-state index contributed by atoms with van der Waals surface area (Å²) in [5, 5.41) is 10.1. The van der Waals surface area contributed by atoms with E-state index >= 15 is 0 Å². The molecule has 1 amide bonds. The van der Waals surface area contributed by atoms with Crippen molar-refractivity contribution in [3.8, 4) is 22.6 Å². The van der Waals surface area contributed by atoms with Gasteiger partial charge in [-0.05, 0) is 31.5 Å². The number of hydrogen-bond acceptors (Lipinski definition) is 6. The Labute approximate surface area is 200 Å². The van der Waals surface area contributed by atoms with Crippen LogP contribution in [0.4, 0.5) is 0 Å². The number of unbranched alkanes of at least 4 members (excludes halogenated alkanes) is 2. The third-order valence-electron chi connectivity index (χ3n) is 6.40. The SMILES string of the molecule is CCC(=O)CCCCC[C@H](NC(=O)C1CN(C)C1)c1ncc(-c2ccc(-c3ccn[nH]3)cc2)o1. The largest absolute Gasteiger partial charge is 0.438 e. The Morgan fingerprint density at radius 3 is 2.59 bits per heavy atom. The van der Waals surface area contributed by atoms with E-state index in [-0.39, 0.29) is 17.9 Å². The lowest BCUT2D eigenvalue weighted by Gasteiger charge is -2.35. The molecule has 8 heteroatoms. The molecular formula is C26H33N5O3. The molecule has 2 N–H and O–H groups in total. The van der Waals surface area contributed by atoms with Crippen molar-refractivity contribution < 1.29 is 14.0 Å². The standard InChI is InChI=1S/C26H33N5O3/c1-3-21(32)7-5-4-6-8-23(29-25(33)20-16-31(2)17-20)26-27-15-24(34-26)19-11-9-18(10-12-19)22-13-14-28-30-22/h9-15,20,23H,3-8,16-17H2,1-2H3,(H,28,30)(H,29,33)/t23-/m0/s1. The number of amides is 1. The molecule has 4 rings (SSSR count). The van der Waals surface area contributed by atoms with E-state index in [1.165, 1.54) is 0 Å². The first-order valence-corrected chi connectivity index (χ1v) is 12.1. The zero-order valence-corrected chi connectivity index (χ0v) is 19.9. The summed E-state index contributed by atoms with van der Waals surface area (Å²) in [6, 6.07) is 9.64. The molecule has 180 valence electrons. The molecule has 0 unspecified atom stereocenters. The fourth-order valence-electron chi connectivity index (χ4n) is 4.25. The maximum absolute atomic E-state index is 12.7. The molecular weight excluding hydrogens is 430 g/mol. The fourth-order valence-corrected chi connectivity index (χ4v) is 4.25. The summed E-state index contributed by atoms with van der Waals surface area (Å²) in [5.74, 6) is 1.56. The Hall–Kier alpha value is -3.26. The van der Waals surface area contributed by atoms with Crippen molar-refractivity contribution in [1.82, 2.24) is 25.4 Å². The lowest BCUT2D eigenvalue weighted by atomic mass is 9.99. The molecule has 0 aliphatic carbocycles. The first-order chi connectivity index (χ1) is 16.5. The maximum Gasteiger partial charge on any atom is 0.226 e. The van der Waals surface area contributed by atoms with Gasteiger partial charge in [-0.25, -0.2) is 4.98 Å². The zero-order valence-electron chi connectivity index (χ0n) is 19.9. The highest BCUT2D eigenvalue weighted by Gasteiger charge is 2.32. The van der Waals surface area contributed by atoms with Gasteiger partial charge in [-0.15, -0.1) is 0 Å². The molecule has 8 nitrogen and oxygen atoms in total. The Morgan fingerprint density at radius 2 is 1.91 bits per heavy atom. The third-order valence-corrected chi connectivity index (χ3v) is 6.40. The molecule has 1 aliphatic rings. The molecule has 1 aliphatic heterocycles. The monoisotopic (exact) mass is 463 g/mol. The van der Waals surface area contributed by atoms with Gasteiger partial charge in [0.15, 0.2) is 5.76 Å². The average Bonchev–Trinajstić information content (AvgIpc) is 3.53. The number of nitrogens with zero attached hydrogens (tertiary/aromatic N) is 3. The van der Waals surface area contributed by atoms with E-state index in [0.29, 0.717) is 30.3 Å². The third kappa shape index (κ3) is 5.99. The minimum atomic E-state index is -0.279. The van der Waals surface area contributed by atoms with Crippen LogP contribution < -0.4 is 5.32 Å². The molecule has 0 saturated carbocycles. The molecule has 0 bridgehead atoms. The number of carbonyl (C=O) groups is 2. The topological polar surface area (TPSA) is 104 Å². The molecule has 0 radical (unpaired) electrons. The van der Waals surface area contributed by atoms with Crippen molar-refractivity contribution >= 4 is 11.7 Å². The fraction of sp³-hybridized carbons (Fsp3) is 0.462. The Balaban J connectivity index is 1.41. The highest BCUT2D eigenvalue weighted by molar-refractivity contribution is 5.80. The number of aromatic nitrogens is 3. The number of carbonyl (C=O) groups excluding carboxylic acids is 2. The van der Waals surface area contributed by atoms with Gasteiger partial charge in [0, 0.05) is 37.7 Å². The van der Waals surface area contributed by atoms with Crippen LogP contribution in [-0.4, -0.2) is 51.9 Å². The van der Waals surface area contributed by atoms with Gasteiger partial charge in [0.1, 0.15) is 11.8 Å². The highest BCUT2D eigenvalue weighted by atomic mass is 16.4. The second-order valence-corrected chi connectivity index (χ2v) is 9.08. The minimum absolute atomic E-state index is 0.0131. The van der Waals surface area contributed by atoms with E-state index in [4.69, 9.17) is 4.42 Å². The number of aromatic amines is 1. The van der Waals surface area contributed by atoms with Gasteiger partial charge in [-0.1, -0.05) is 44.0 Å². The number of benzene rings is 1. The summed E-state index contributed by atoms with van der Waals surface area (Å²) >= 11 is 0. The van der Waals surface area contributed by atoms with Crippen molar-refractivity contribution in [1.29, 1.82) is 0 Å². The van der Waals surface area contributed by atoms with Gasteiger partial charge in [0.05, 0.1) is 17.8 Å². The van der Waals surface area contributed by atoms with Gasteiger partial charge in [0.25, 0.3) is 0 Å². The van der Waals surface area contributed by atoms with Gasteiger partial charge in [0.2, 0.25) is 11.8 Å². The highest BCUT2D eigenvalue weighted by Crippen LogP contribution is 2.28. The van der Waals surface area contributed by atoms with Gasteiger partial charge in [-0.3, -0.25) is 14.7 Å². The molecule has 1 fully saturated rings. The summed E-state index contributed by atoms with van der Waals surface area (Å²) in [7, 11) is 2.01. The van der Waals surface area contributed by atoms with Crippen LogP contribution >= 0.6 is 0 Å². The van der Waals surface area contributed by atoms with Gasteiger partial charge < -0.3 is 14.6 Å².